The maximum Gasteiger partial charge on any atom is 0.314 e. The number of hydrogen-bond acceptors (Lipinski definition) is 4. The summed E-state index contributed by atoms with van der Waals surface area (Å²) < 4.78 is 0. The van der Waals surface area contributed by atoms with E-state index in [9.17, 15) is 0 Å². The fourth-order valence-corrected chi connectivity index (χ4v) is 0.385. The molecule has 1 aromatic rings. The van der Waals surface area contributed by atoms with Crippen molar-refractivity contribution < 1.29 is 9.88 Å². The highest BCUT2D eigenvalue weighted by Gasteiger charge is 2.11. The number of aromatic nitrogens is 3. The van der Waals surface area contributed by atoms with Crippen LogP contribution in [0.15, 0.2) is 6.20 Å². The number of nitrogens with zero attached hydrogens (tertiary/aromatic N) is 3. The van der Waals surface area contributed by atoms with Crippen LogP contribution >= 0.6 is 0 Å². The van der Waals surface area contributed by atoms with Crippen LogP contribution < -0.4 is 9.88 Å². The van der Waals surface area contributed by atoms with Crippen LogP contribution in [0.25, 0.3) is 0 Å². The van der Waals surface area contributed by atoms with E-state index in [4.69, 9.17) is 0 Å². The van der Waals surface area contributed by atoms with Crippen molar-refractivity contribution >= 4 is 0 Å². The van der Waals surface area contributed by atoms with Crippen molar-refractivity contribution in [2.75, 3.05) is 0 Å². The first-order valence-corrected chi connectivity index (χ1v) is 1.72. The largest absolute Gasteiger partial charge is 0.314 e. The van der Waals surface area contributed by atoms with Gasteiger partial charge in [-0.05, 0) is 10.1 Å². The lowest BCUT2D eigenvalue weighted by Gasteiger charge is -1.92. The Morgan fingerprint density at radius 1 is 1.71 bits per heavy atom. The summed E-state index contributed by atoms with van der Waals surface area (Å²) in [5, 5.41) is 6.89. The molecule has 0 saturated heterocycles. The van der Waals surface area contributed by atoms with Crippen LogP contribution in [0.2, 0.25) is 0 Å². The summed E-state index contributed by atoms with van der Waals surface area (Å²) in [6, 6.07) is 0. The van der Waals surface area contributed by atoms with Crippen molar-refractivity contribution in [3.05, 3.63) is 6.20 Å². The molecule has 5 heteroatoms. The molecule has 1 aliphatic heterocycles. The van der Waals surface area contributed by atoms with Gasteiger partial charge in [0.2, 0.25) is 0 Å². The molecule has 0 amide bonds. The third-order valence-electron chi connectivity index (χ3n) is 0.651. The Kier molecular flexibility index (Phi) is 0.283. The molecule has 1 aromatic heterocycles. The molecule has 0 fully saturated rings. The van der Waals surface area contributed by atoms with Gasteiger partial charge in [0, 0.05) is 0 Å². The van der Waals surface area contributed by atoms with Gasteiger partial charge in [0.1, 0.15) is 6.20 Å². The molecule has 0 unspecified atom stereocenters. The van der Waals surface area contributed by atoms with Gasteiger partial charge in [0.05, 0.1) is 0 Å². The fraction of sp³-hybridized carbons (Fsp3) is 0. The molecular formula is C2HN3O2. The second-order valence-corrected chi connectivity index (χ2v) is 1.12. The predicted molar refractivity (Wildman–Crippen MR) is 17.2 cm³/mol. The third kappa shape index (κ3) is 0.219. The fourth-order valence-electron chi connectivity index (χ4n) is 0.385. The van der Waals surface area contributed by atoms with Crippen LogP contribution in [0.5, 0.6) is 5.88 Å². The summed E-state index contributed by atoms with van der Waals surface area (Å²) >= 11 is 0. The Morgan fingerprint density at radius 3 is 2.86 bits per heavy atom. The van der Waals surface area contributed by atoms with Gasteiger partial charge < -0.3 is 0 Å². The molecule has 7 heavy (non-hydrogen) atoms. The van der Waals surface area contributed by atoms with Crippen molar-refractivity contribution in [1.29, 1.82) is 0 Å². The zero-order valence-electron chi connectivity index (χ0n) is 3.24. The summed E-state index contributed by atoms with van der Waals surface area (Å²) in [5.74, 6) is 0.403. The molecule has 0 aromatic carbocycles. The first-order valence-electron chi connectivity index (χ1n) is 1.72. The van der Waals surface area contributed by atoms with Gasteiger partial charge in [0.15, 0.2) is 0 Å². The number of fused-ring (bicyclic) bond motifs is 2. The molecule has 0 N–H and O–H groups in total. The highest BCUT2D eigenvalue weighted by molar-refractivity contribution is 4.98. The average molecular weight is 99.0 g/mol. The number of rotatable bonds is 0. The van der Waals surface area contributed by atoms with Crippen molar-refractivity contribution in [3.8, 4) is 5.88 Å². The molecule has 0 spiro atoms. The second kappa shape index (κ2) is 0.699. The molecular weight excluding hydrogens is 98.0 g/mol. The second-order valence-electron chi connectivity index (χ2n) is 1.12. The molecule has 2 heterocycles. The smallest absolute Gasteiger partial charge is 0.243 e. The van der Waals surface area contributed by atoms with E-state index in [2.05, 4.69) is 20.2 Å². The Hall–Kier alpha value is -1.26. The first-order chi connectivity index (χ1) is 3.45. The predicted octanol–water partition coefficient (Wildman–Crippen LogP) is -0.986. The zero-order valence-corrected chi connectivity index (χ0v) is 3.24. The van der Waals surface area contributed by atoms with Crippen molar-refractivity contribution in [1.82, 2.24) is 15.2 Å². The molecule has 0 atom stereocenters. The SMILES string of the molecule is c1c2nnn1OO2. The lowest BCUT2D eigenvalue weighted by molar-refractivity contribution is -0.214. The Bertz CT molecular complexity index is 164. The van der Waals surface area contributed by atoms with Crippen LogP contribution in [-0.2, 0) is 0 Å². The van der Waals surface area contributed by atoms with Crippen molar-refractivity contribution in [2.45, 2.75) is 0 Å². The van der Waals surface area contributed by atoms with Gasteiger partial charge >= 0.3 is 5.88 Å². The van der Waals surface area contributed by atoms with E-state index in [0.29, 0.717) is 5.88 Å². The topological polar surface area (TPSA) is 49.2 Å². The van der Waals surface area contributed by atoms with Crippen LogP contribution in [-0.4, -0.2) is 15.2 Å². The highest BCUT2D eigenvalue weighted by Crippen LogP contribution is 2.05. The summed E-state index contributed by atoms with van der Waals surface area (Å²) in [6.45, 7) is 0. The monoisotopic (exact) mass is 99.0 g/mol. The molecule has 0 saturated carbocycles. The van der Waals surface area contributed by atoms with E-state index in [1.54, 1.807) is 0 Å². The highest BCUT2D eigenvalue weighted by atomic mass is 17.3. The Balaban J connectivity index is 2.71. The molecule has 0 radical (unpaired) electrons. The molecule has 1 aliphatic rings. The van der Waals surface area contributed by atoms with Gasteiger partial charge in [-0.1, -0.05) is 5.10 Å². The van der Waals surface area contributed by atoms with E-state index in [1.165, 1.54) is 6.20 Å². The van der Waals surface area contributed by atoms with Crippen molar-refractivity contribution in [3.63, 3.8) is 0 Å². The van der Waals surface area contributed by atoms with E-state index in [-0.39, 0.29) is 0 Å². The van der Waals surface area contributed by atoms with E-state index >= 15 is 0 Å². The van der Waals surface area contributed by atoms with Crippen LogP contribution in [0.3, 0.4) is 0 Å². The van der Waals surface area contributed by atoms with Crippen LogP contribution in [0.1, 0.15) is 0 Å². The maximum absolute atomic E-state index is 4.38. The summed E-state index contributed by atoms with van der Waals surface area (Å²) in [6.07, 6.45) is 1.53. The lowest BCUT2D eigenvalue weighted by atomic mass is 10.9. The molecule has 2 rings (SSSR count). The quantitative estimate of drug-likeness (QED) is 0.392. The molecule has 2 bridgehead atoms. The van der Waals surface area contributed by atoms with Crippen molar-refractivity contribution in [2.24, 2.45) is 0 Å². The van der Waals surface area contributed by atoms with Gasteiger partial charge in [-0.15, -0.1) is 0 Å². The maximum atomic E-state index is 4.38. The molecule has 5 nitrogen and oxygen atoms in total. The van der Waals surface area contributed by atoms with Crippen LogP contribution in [0, 0.1) is 0 Å². The Labute approximate surface area is 38.3 Å². The normalized spacial score (nSPS) is 13.1. The summed E-state index contributed by atoms with van der Waals surface area (Å²) in [4.78, 5) is 9.84. The van der Waals surface area contributed by atoms with Crippen LogP contribution in [0.4, 0.5) is 0 Å². The number of hydrogen-bond donors (Lipinski definition) is 0. The van der Waals surface area contributed by atoms with Gasteiger partial charge in [0.25, 0.3) is 0 Å². The average Bonchev–Trinajstić information content (AvgIpc) is 2.22. The molecule has 36 valence electrons. The zero-order chi connectivity index (χ0) is 4.69. The lowest BCUT2D eigenvalue weighted by Crippen LogP contribution is -2.14. The van der Waals surface area contributed by atoms with Gasteiger partial charge in [-0.25, -0.2) is 4.89 Å². The van der Waals surface area contributed by atoms with E-state index < -0.39 is 0 Å². The summed E-state index contributed by atoms with van der Waals surface area (Å²) in [7, 11) is 0. The van der Waals surface area contributed by atoms with E-state index in [1.807, 2.05) is 0 Å². The van der Waals surface area contributed by atoms with Gasteiger partial charge in [-0.2, -0.15) is 4.99 Å². The minimum atomic E-state index is 0.403. The Morgan fingerprint density at radius 2 is 2.71 bits per heavy atom. The minimum absolute atomic E-state index is 0.403. The molecule has 0 aliphatic carbocycles. The third-order valence-corrected chi connectivity index (χ3v) is 0.651. The summed E-state index contributed by atoms with van der Waals surface area (Å²) in [5.41, 5.74) is 0. The standard InChI is InChI=1S/C2HN3O2/c1-2-3-4-5(1)7-6-2/h1H. The van der Waals surface area contributed by atoms with E-state index in [0.717, 1.165) is 4.85 Å². The first kappa shape index (κ1) is 2.84. The minimum Gasteiger partial charge on any atom is -0.243 e. The van der Waals surface area contributed by atoms with Gasteiger partial charge in [-0.3, -0.25) is 0 Å².